The summed E-state index contributed by atoms with van der Waals surface area (Å²) in [5, 5.41) is 0. The van der Waals surface area contributed by atoms with E-state index in [1.54, 1.807) is 0 Å². The van der Waals surface area contributed by atoms with Crippen LogP contribution in [0.4, 0.5) is 0 Å². The van der Waals surface area contributed by atoms with Gasteiger partial charge in [-0.3, -0.25) is 4.79 Å². The minimum absolute atomic E-state index is 0.0978. The summed E-state index contributed by atoms with van der Waals surface area (Å²) < 4.78 is 4.98. The molecule has 1 saturated carbocycles. The highest BCUT2D eigenvalue weighted by atomic mass is 16.5. The molecule has 1 atom stereocenters. The van der Waals surface area contributed by atoms with E-state index in [-0.39, 0.29) is 12.0 Å². The summed E-state index contributed by atoms with van der Waals surface area (Å²) in [4.78, 5) is 13.7. The Kier molecular flexibility index (Phi) is 5.92. The second-order valence-electron chi connectivity index (χ2n) is 5.09. The monoisotopic (exact) mass is 242 g/mol. The average Bonchev–Trinajstić information content (AvgIpc) is 2.29. The van der Waals surface area contributed by atoms with Crippen molar-refractivity contribution < 1.29 is 9.53 Å². The van der Waals surface area contributed by atoms with Crippen molar-refractivity contribution in [3.05, 3.63) is 0 Å². The summed E-state index contributed by atoms with van der Waals surface area (Å²) in [6.07, 6.45) is 4.96. The first-order chi connectivity index (χ1) is 8.04. The van der Waals surface area contributed by atoms with E-state index in [9.17, 15) is 4.79 Å². The van der Waals surface area contributed by atoms with Gasteiger partial charge in [-0.15, -0.1) is 0 Å². The topological polar surface area (TPSA) is 55.6 Å². The molecular weight excluding hydrogens is 216 g/mol. The maximum Gasteiger partial charge on any atom is 0.307 e. The van der Waals surface area contributed by atoms with Gasteiger partial charge in [-0.2, -0.15) is 0 Å². The number of carbonyl (C=O) groups is 1. The Labute approximate surface area is 104 Å². The lowest BCUT2D eigenvalue weighted by Gasteiger charge is -2.36. The van der Waals surface area contributed by atoms with Gasteiger partial charge in [0.1, 0.15) is 0 Å². The van der Waals surface area contributed by atoms with E-state index in [1.807, 2.05) is 6.92 Å². The lowest BCUT2D eigenvalue weighted by molar-refractivity contribution is -0.144. The van der Waals surface area contributed by atoms with Crippen LogP contribution in [0.15, 0.2) is 0 Å². The molecule has 100 valence electrons. The molecule has 0 aromatic heterocycles. The average molecular weight is 242 g/mol. The Morgan fingerprint density at radius 1 is 1.41 bits per heavy atom. The number of carbonyl (C=O) groups excluding carboxylic acids is 1. The first kappa shape index (κ1) is 14.5. The highest BCUT2D eigenvalue weighted by molar-refractivity contribution is 5.70. The van der Waals surface area contributed by atoms with Crippen molar-refractivity contribution in [1.82, 2.24) is 4.90 Å². The summed E-state index contributed by atoms with van der Waals surface area (Å²) in [7, 11) is 2.10. The van der Waals surface area contributed by atoms with Gasteiger partial charge >= 0.3 is 5.97 Å². The standard InChI is InChI=1S/C13H26N2O2/c1-4-17-13(16)9-10(2)15(3)12-7-5-11(14)6-8-12/h10-12H,4-9,14H2,1-3H3. The van der Waals surface area contributed by atoms with Gasteiger partial charge in [-0.05, 0) is 46.6 Å². The number of rotatable bonds is 5. The number of ether oxygens (including phenoxy) is 1. The smallest absolute Gasteiger partial charge is 0.307 e. The Balaban J connectivity index is 2.35. The fourth-order valence-corrected chi connectivity index (χ4v) is 2.47. The molecule has 0 aromatic carbocycles. The first-order valence-corrected chi connectivity index (χ1v) is 6.67. The third-order valence-electron chi connectivity index (χ3n) is 3.78. The van der Waals surface area contributed by atoms with Crippen LogP contribution in [0.25, 0.3) is 0 Å². The van der Waals surface area contributed by atoms with Crippen molar-refractivity contribution in [2.45, 2.75) is 64.1 Å². The van der Waals surface area contributed by atoms with Crippen LogP contribution >= 0.6 is 0 Å². The molecule has 4 heteroatoms. The molecule has 1 rings (SSSR count). The van der Waals surface area contributed by atoms with Gasteiger partial charge in [0, 0.05) is 18.1 Å². The van der Waals surface area contributed by atoms with Crippen molar-refractivity contribution in [2.24, 2.45) is 5.73 Å². The molecule has 1 aliphatic carbocycles. The number of hydrogen-bond acceptors (Lipinski definition) is 4. The van der Waals surface area contributed by atoms with Crippen LogP contribution in [0.5, 0.6) is 0 Å². The van der Waals surface area contributed by atoms with Gasteiger partial charge in [0.2, 0.25) is 0 Å². The second-order valence-corrected chi connectivity index (χ2v) is 5.09. The summed E-state index contributed by atoms with van der Waals surface area (Å²) in [5.74, 6) is -0.0978. The van der Waals surface area contributed by atoms with E-state index in [2.05, 4.69) is 18.9 Å². The lowest BCUT2D eigenvalue weighted by Crippen LogP contribution is -2.43. The Bertz CT molecular complexity index is 238. The number of esters is 1. The van der Waals surface area contributed by atoms with Crippen molar-refractivity contribution in [3.63, 3.8) is 0 Å². The molecule has 0 heterocycles. The quantitative estimate of drug-likeness (QED) is 0.743. The Morgan fingerprint density at radius 2 is 2.00 bits per heavy atom. The predicted octanol–water partition coefficient (Wildman–Crippen LogP) is 1.53. The lowest BCUT2D eigenvalue weighted by atomic mass is 9.90. The maximum absolute atomic E-state index is 11.4. The van der Waals surface area contributed by atoms with Gasteiger partial charge in [0.25, 0.3) is 0 Å². The van der Waals surface area contributed by atoms with Crippen LogP contribution in [0.1, 0.15) is 46.0 Å². The third-order valence-corrected chi connectivity index (χ3v) is 3.78. The number of nitrogens with zero attached hydrogens (tertiary/aromatic N) is 1. The van der Waals surface area contributed by atoms with E-state index in [1.165, 1.54) is 0 Å². The molecule has 4 nitrogen and oxygen atoms in total. The second kappa shape index (κ2) is 6.97. The summed E-state index contributed by atoms with van der Waals surface area (Å²) >= 11 is 0. The number of hydrogen-bond donors (Lipinski definition) is 1. The molecule has 0 aromatic rings. The zero-order valence-corrected chi connectivity index (χ0v) is 11.3. The summed E-state index contributed by atoms with van der Waals surface area (Å²) in [5.41, 5.74) is 5.90. The molecule has 2 N–H and O–H groups in total. The van der Waals surface area contributed by atoms with Crippen LogP contribution in [0.2, 0.25) is 0 Å². The molecule has 1 aliphatic rings. The molecule has 0 aliphatic heterocycles. The van der Waals surface area contributed by atoms with Crippen molar-refractivity contribution in [1.29, 1.82) is 0 Å². The van der Waals surface area contributed by atoms with E-state index < -0.39 is 0 Å². The van der Waals surface area contributed by atoms with Crippen LogP contribution < -0.4 is 5.73 Å². The van der Waals surface area contributed by atoms with Crippen molar-refractivity contribution >= 4 is 5.97 Å². The molecule has 0 radical (unpaired) electrons. The molecule has 0 spiro atoms. The zero-order chi connectivity index (χ0) is 12.8. The molecular formula is C13H26N2O2. The zero-order valence-electron chi connectivity index (χ0n) is 11.3. The minimum Gasteiger partial charge on any atom is -0.466 e. The highest BCUT2D eigenvalue weighted by Crippen LogP contribution is 2.23. The first-order valence-electron chi connectivity index (χ1n) is 6.67. The van der Waals surface area contributed by atoms with Gasteiger partial charge in [-0.25, -0.2) is 0 Å². The van der Waals surface area contributed by atoms with Crippen LogP contribution in [-0.2, 0) is 9.53 Å². The third kappa shape index (κ3) is 4.64. The van der Waals surface area contributed by atoms with Gasteiger partial charge in [0.15, 0.2) is 0 Å². The van der Waals surface area contributed by atoms with Crippen LogP contribution in [0, 0.1) is 0 Å². The molecule has 0 bridgehead atoms. The Hall–Kier alpha value is -0.610. The van der Waals surface area contributed by atoms with E-state index in [0.29, 0.717) is 25.1 Å². The van der Waals surface area contributed by atoms with E-state index >= 15 is 0 Å². The molecule has 0 amide bonds. The molecule has 17 heavy (non-hydrogen) atoms. The maximum atomic E-state index is 11.4. The van der Waals surface area contributed by atoms with E-state index in [4.69, 9.17) is 10.5 Å². The van der Waals surface area contributed by atoms with Crippen molar-refractivity contribution in [3.8, 4) is 0 Å². The van der Waals surface area contributed by atoms with Crippen LogP contribution in [-0.4, -0.2) is 42.6 Å². The highest BCUT2D eigenvalue weighted by Gasteiger charge is 2.25. The van der Waals surface area contributed by atoms with E-state index in [0.717, 1.165) is 25.7 Å². The summed E-state index contributed by atoms with van der Waals surface area (Å²) in [6.45, 7) is 4.40. The van der Waals surface area contributed by atoms with Gasteiger partial charge in [0.05, 0.1) is 13.0 Å². The normalized spacial score (nSPS) is 26.9. The summed E-state index contributed by atoms with van der Waals surface area (Å²) in [6, 6.07) is 1.19. The van der Waals surface area contributed by atoms with Gasteiger partial charge < -0.3 is 15.4 Å². The van der Waals surface area contributed by atoms with Gasteiger partial charge in [-0.1, -0.05) is 0 Å². The predicted molar refractivity (Wildman–Crippen MR) is 68.7 cm³/mol. The minimum atomic E-state index is -0.0978. The molecule has 1 fully saturated rings. The molecule has 0 saturated heterocycles. The fourth-order valence-electron chi connectivity index (χ4n) is 2.47. The SMILES string of the molecule is CCOC(=O)CC(C)N(C)C1CCC(N)CC1. The fraction of sp³-hybridized carbons (Fsp3) is 0.923. The van der Waals surface area contributed by atoms with Crippen molar-refractivity contribution in [2.75, 3.05) is 13.7 Å². The number of nitrogens with two attached hydrogens (primary N) is 1. The van der Waals surface area contributed by atoms with Crippen LogP contribution in [0.3, 0.4) is 0 Å². The molecule has 1 unspecified atom stereocenters. The largest absolute Gasteiger partial charge is 0.466 e. The Morgan fingerprint density at radius 3 is 2.53 bits per heavy atom.